The molecule has 1 N–H and O–H groups in total. The van der Waals surface area contributed by atoms with Crippen LogP contribution in [0, 0.1) is 0 Å². The standard InChI is InChI=1S/C12H24N4O3Si/c1-4-17-20(18-5-2,19-6-3)9-7-8-14-12-15-10-13-11-16-12/h10-11H,4-9H2,1-3H3,(H,13,14,15,16). The number of nitrogens with zero attached hydrogens (tertiary/aromatic N) is 3. The van der Waals surface area contributed by atoms with Crippen molar-refractivity contribution >= 4 is 14.8 Å². The van der Waals surface area contributed by atoms with Gasteiger partial charge < -0.3 is 18.6 Å². The molecule has 0 unspecified atom stereocenters. The smallest absolute Gasteiger partial charge is 0.374 e. The Kier molecular flexibility index (Phi) is 8.27. The summed E-state index contributed by atoms with van der Waals surface area (Å²) in [6, 6.07) is 0.778. The maximum absolute atomic E-state index is 5.79. The van der Waals surface area contributed by atoms with Crippen LogP contribution in [0.5, 0.6) is 0 Å². The van der Waals surface area contributed by atoms with E-state index in [1.807, 2.05) is 20.8 Å². The van der Waals surface area contributed by atoms with E-state index in [2.05, 4.69) is 20.3 Å². The SMILES string of the molecule is CCO[Si](CCCNc1ncncn1)(OCC)OCC. The minimum Gasteiger partial charge on any atom is -0.374 e. The van der Waals surface area contributed by atoms with Crippen molar-refractivity contribution in [3.63, 3.8) is 0 Å². The molecule has 114 valence electrons. The molecule has 1 heterocycles. The van der Waals surface area contributed by atoms with Gasteiger partial charge in [0, 0.05) is 32.4 Å². The molecule has 0 aliphatic rings. The Balaban J connectivity index is 2.40. The van der Waals surface area contributed by atoms with Gasteiger partial charge in [-0.2, -0.15) is 0 Å². The maximum atomic E-state index is 5.79. The number of rotatable bonds is 11. The van der Waals surface area contributed by atoms with Gasteiger partial charge >= 0.3 is 8.80 Å². The molecule has 1 rings (SSSR count). The predicted molar refractivity (Wildman–Crippen MR) is 78.4 cm³/mol. The first kappa shape index (κ1) is 17.0. The number of aromatic nitrogens is 3. The number of anilines is 1. The highest BCUT2D eigenvalue weighted by atomic mass is 28.4. The van der Waals surface area contributed by atoms with Gasteiger partial charge in [-0.05, 0) is 27.2 Å². The molecule has 1 aromatic heterocycles. The maximum Gasteiger partial charge on any atom is 0.500 e. The highest BCUT2D eigenvalue weighted by Gasteiger charge is 2.39. The monoisotopic (exact) mass is 300 g/mol. The summed E-state index contributed by atoms with van der Waals surface area (Å²) < 4.78 is 17.4. The number of hydrogen-bond donors (Lipinski definition) is 1. The first-order valence-corrected chi connectivity index (χ1v) is 8.97. The third-order valence-corrected chi connectivity index (χ3v) is 5.68. The molecule has 1 aromatic rings. The highest BCUT2D eigenvalue weighted by Crippen LogP contribution is 2.18. The molecule has 0 saturated heterocycles. The van der Waals surface area contributed by atoms with Crippen LogP contribution in [-0.2, 0) is 13.3 Å². The molecule has 0 aliphatic carbocycles. The Morgan fingerprint density at radius 3 is 2.05 bits per heavy atom. The lowest BCUT2D eigenvalue weighted by Gasteiger charge is -2.28. The van der Waals surface area contributed by atoms with E-state index in [9.17, 15) is 0 Å². The van der Waals surface area contributed by atoms with Gasteiger partial charge in [-0.25, -0.2) is 15.0 Å². The number of nitrogens with one attached hydrogen (secondary N) is 1. The Bertz CT molecular complexity index is 339. The number of hydrogen-bond acceptors (Lipinski definition) is 7. The quantitative estimate of drug-likeness (QED) is 0.492. The molecule has 0 fully saturated rings. The van der Waals surface area contributed by atoms with Gasteiger partial charge in [0.2, 0.25) is 5.95 Å². The van der Waals surface area contributed by atoms with E-state index in [0.717, 1.165) is 19.0 Å². The molecule has 0 aliphatic heterocycles. The zero-order valence-corrected chi connectivity index (χ0v) is 13.5. The summed E-state index contributed by atoms with van der Waals surface area (Å²) in [5, 5.41) is 3.14. The molecule has 0 bridgehead atoms. The van der Waals surface area contributed by atoms with Crippen LogP contribution < -0.4 is 5.32 Å². The summed E-state index contributed by atoms with van der Waals surface area (Å²) in [5.74, 6) is 0.580. The first-order chi connectivity index (χ1) is 9.76. The van der Waals surface area contributed by atoms with Crippen molar-refractivity contribution in [2.45, 2.75) is 33.2 Å². The summed E-state index contributed by atoms with van der Waals surface area (Å²) in [6.45, 7) is 8.44. The fourth-order valence-corrected chi connectivity index (χ4v) is 4.45. The second kappa shape index (κ2) is 9.75. The fourth-order valence-electron chi connectivity index (χ4n) is 1.84. The third-order valence-electron chi connectivity index (χ3n) is 2.53. The van der Waals surface area contributed by atoms with Crippen LogP contribution in [0.1, 0.15) is 27.2 Å². The lowest BCUT2D eigenvalue weighted by Crippen LogP contribution is -2.46. The Labute approximate surface area is 121 Å². The molecule has 20 heavy (non-hydrogen) atoms. The molecule has 0 radical (unpaired) electrons. The predicted octanol–water partition coefficient (Wildman–Crippen LogP) is 1.72. The van der Waals surface area contributed by atoms with Crippen LogP contribution in [0.3, 0.4) is 0 Å². The van der Waals surface area contributed by atoms with Crippen LogP contribution in [0.25, 0.3) is 0 Å². The molecule has 8 heteroatoms. The summed E-state index contributed by atoms with van der Waals surface area (Å²) >= 11 is 0. The Hall–Kier alpha value is -1.09. The second-order valence-electron chi connectivity index (χ2n) is 3.97. The van der Waals surface area contributed by atoms with E-state index in [1.165, 1.54) is 12.7 Å². The largest absolute Gasteiger partial charge is 0.500 e. The van der Waals surface area contributed by atoms with Crippen molar-refractivity contribution in [3.05, 3.63) is 12.7 Å². The molecule has 0 amide bonds. The second-order valence-corrected chi connectivity index (χ2v) is 6.71. The van der Waals surface area contributed by atoms with E-state index in [4.69, 9.17) is 13.3 Å². The van der Waals surface area contributed by atoms with Crippen LogP contribution in [0.15, 0.2) is 12.7 Å². The Morgan fingerprint density at radius 1 is 1.00 bits per heavy atom. The summed E-state index contributed by atoms with van der Waals surface area (Å²) in [5.41, 5.74) is 0. The lowest BCUT2D eigenvalue weighted by molar-refractivity contribution is 0.0710. The zero-order chi connectivity index (χ0) is 14.7. The van der Waals surface area contributed by atoms with E-state index >= 15 is 0 Å². The van der Waals surface area contributed by atoms with Crippen LogP contribution in [0.4, 0.5) is 5.95 Å². The van der Waals surface area contributed by atoms with Crippen LogP contribution >= 0.6 is 0 Å². The molecular weight excluding hydrogens is 276 g/mol. The topological polar surface area (TPSA) is 78.4 Å². The molecule has 0 spiro atoms. The van der Waals surface area contributed by atoms with E-state index < -0.39 is 8.80 Å². The molecule has 0 atom stereocenters. The van der Waals surface area contributed by atoms with Gasteiger partial charge in [-0.15, -0.1) is 0 Å². The summed E-state index contributed by atoms with van der Waals surface area (Å²) in [7, 11) is -2.53. The van der Waals surface area contributed by atoms with E-state index in [0.29, 0.717) is 25.8 Å². The van der Waals surface area contributed by atoms with Gasteiger partial charge in [0.1, 0.15) is 12.7 Å². The van der Waals surface area contributed by atoms with Gasteiger partial charge in [0.25, 0.3) is 0 Å². The lowest BCUT2D eigenvalue weighted by atomic mass is 10.5. The van der Waals surface area contributed by atoms with Crippen molar-refractivity contribution in [3.8, 4) is 0 Å². The Morgan fingerprint density at radius 2 is 1.55 bits per heavy atom. The van der Waals surface area contributed by atoms with Gasteiger partial charge in [-0.1, -0.05) is 0 Å². The van der Waals surface area contributed by atoms with Gasteiger partial charge in [-0.3, -0.25) is 0 Å². The van der Waals surface area contributed by atoms with Gasteiger partial charge in [0.05, 0.1) is 0 Å². The average molecular weight is 300 g/mol. The summed E-state index contributed by atoms with van der Waals surface area (Å²) in [4.78, 5) is 11.8. The van der Waals surface area contributed by atoms with Crippen molar-refractivity contribution in [1.29, 1.82) is 0 Å². The highest BCUT2D eigenvalue weighted by molar-refractivity contribution is 6.60. The minimum atomic E-state index is -2.53. The van der Waals surface area contributed by atoms with Crippen molar-refractivity contribution < 1.29 is 13.3 Å². The zero-order valence-electron chi connectivity index (χ0n) is 12.5. The van der Waals surface area contributed by atoms with Crippen molar-refractivity contribution in [2.75, 3.05) is 31.7 Å². The van der Waals surface area contributed by atoms with Crippen LogP contribution in [0.2, 0.25) is 6.04 Å². The molecule has 0 saturated carbocycles. The first-order valence-electron chi connectivity index (χ1n) is 7.04. The third kappa shape index (κ3) is 5.91. The fraction of sp³-hybridized carbons (Fsp3) is 0.750. The molecule has 0 aromatic carbocycles. The van der Waals surface area contributed by atoms with E-state index in [-0.39, 0.29) is 0 Å². The van der Waals surface area contributed by atoms with Crippen molar-refractivity contribution in [2.24, 2.45) is 0 Å². The normalized spacial score (nSPS) is 11.6. The van der Waals surface area contributed by atoms with Gasteiger partial charge in [0.15, 0.2) is 0 Å². The molecule has 7 nitrogen and oxygen atoms in total. The van der Waals surface area contributed by atoms with Crippen molar-refractivity contribution in [1.82, 2.24) is 15.0 Å². The molecular formula is C12H24N4O3Si. The van der Waals surface area contributed by atoms with Crippen LogP contribution in [-0.4, -0.2) is 50.1 Å². The minimum absolute atomic E-state index is 0.580. The summed E-state index contributed by atoms with van der Waals surface area (Å²) in [6.07, 6.45) is 3.81. The van der Waals surface area contributed by atoms with E-state index in [1.54, 1.807) is 0 Å². The average Bonchev–Trinajstić information content (AvgIpc) is 2.46.